The van der Waals surface area contributed by atoms with Gasteiger partial charge in [-0.3, -0.25) is 0 Å². The summed E-state index contributed by atoms with van der Waals surface area (Å²) in [6.07, 6.45) is 1.14. The number of carbonyl (C=O) groups is 2. The van der Waals surface area contributed by atoms with E-state index in [1.165, 1.54) is 7.05 Å². The van der Waals surface area contributed by atoms with Crippen molar-refractivity contribution in [2.75, 3.05) is 14.1 Å². The van der Waals surface area contributed by atoms with Crippen LogP contribution in [0.5, 0.6) is 0 Å². The monoisotopic (exact) mass is 519 g/mol. The molecule has 2 amide bonds. The number of H-pyrrole nitrogens is 1. The fourth-order valence-electron chi connectivity index (χ4n) is 4.37. The van der Waals surface area contributed by atoms with Gasteiger partial charge < -0.3 is 23.9 Å². The van der Waals surface area contributed by atoms with Gasteiger partial charge >= 0.3 is 12.2 Å². The van der Waals surface area contributed by atoms with E-state index in [-0.39, 0.29) is 6.09 Å². The molecule has 0 spiro atoms. The van der Waals surface area contributed by atoms with Gasteiger partial charge in [0.1, 0.15) is 22.4 Å². The molecule has 38 heavy (non-hydrogen) atoms. The maximum Gasteiger partial charge on any atom is 0.429 e. The molecular weight excluding hydrogens is 484 g/mol. The Bertz CT molecular complexity index is 1490. The lowest BCUT2D eigenvalue weighted by Crippen LogP contribution is -2.33. The Morgan fingerprint density at radius 2 is 1.87 bits per heavy atom. The van der Waals surface area contributed by atoms with Crippen molar-refractivity contribution in [3.05, 3.63) is 47.9 Å². The molecule has 0 fully saturated rings. The van der Waals surface area contributed by atoms with Gasteiger partial charge in [-0.25, -0.2) is 24.9 Å². The van der Waals surface area contributed by atoms with Crippen molar-refractivity contribution < 1.29 is 19.1 Å². The van der Waals surface area contributed by atoms with Crippen molar-refractivity contribution in [2.45, 2.75) is 58.8 Å². The quantitative estimate of drug-likeness (QED) is 0.375. The lowest BCUT2D eigenvalue weighted by atomic mass is 10.0. The molecule has 10 heteroatoms. The number of amides is 2. The number of pyridine rings is 1. The third-order valence-electron chi connectivity index (χ3n) is 6.01. The number of benzene rings is 1. The number of hydrogen-bond donors (Lipinski definition) is 1. The van der Waals surface area contributed by atoms with Gasteiger partial charge in [0, 0.05) is 45.2 Å². The van der Waals surface area contributed by atoms with Crippen LogP contribution in [-0.4, -0.2) is 61.9 Å². The van der Waals surface area contributed by atoms with Gasteiger partial charge in [-0.1, -0.05) is 18.2 Å². The number of aryl methyl sites for hydroxylation is 1. The van der Waals surface area contributed by atoms with Crippen molar-refractivity contribution >= 4 is 34.3 Å². The summed E-state index contributed by atoms with van der Waals surface area (Å²) in [5.74, 6) is 0. The third kappa shape index (κ3) is 5.90. The van der Waals surface area contributed by atoms with Gasteiger partial charge in [-0.2, -0.15) is 0 Å². The van der Waals surface area contributed by atoms with Crippen molar-refractivity contribution in [3.63, 3.8) is 0 Å². The summed E-state index contributed by atoms with van der Waals surface area (Å²) < 4.78 is 12.9. The highest BCUT2D eigenvalue weighted by Crippen LogP contribution is 2.32. The summed E-state index contributed by atoms with van der Waals surface area (Å²) in [4.78, 5) is 38.7. The number of ether oxygens (including phenoxy) is 2. The van der Waals surface area contributed by atoms with Crippen LogP contribution >= 0.6 is 0 Å². The number of nitrogens with zero attached hydrogens (tertiary/aromatic N) is 5. The predicted octanol–water partition coefficient (Wildman–Crippen LogP) is 5.18. The van der Waals surface area contributed by atoms with Crippen LogP contribution in [-0.2, 0) is 29.5 Å². The molecule has 4 rings (SSSR count). The lowest BCUT2D eigenvalue weighted by molar-refractivity contribution is 0.0284. The average molecular weight is 520 g/mol. The van der Waals surface area contributed by atoms with Crippen molar-refractivity contribution in [2.24, 2.45) is 7.05 Å². The van der Waals surface area contributed by atoms with E-state index in [1.807, 2.05) is 70.5 Å². The van der Waals surface area contributed by atoms with E-state index in [4.69, 9.17) is 14.5 Å². The maximum absolute atomic E-state index is 12.4. The molecule has 0 aliphatic rings. The summed E-state index contributed by atoms with van der Waals surface area (Å²) in [6.45, 7) is 9.62. The zero-order valence-electron chi connectivity index (χ0n) is 23.2. The van der Waals surface area contributed by atoms with Crippen LogP contribution in [0.4, 0.5) is 9.59 Å². The molecular formula is C28H35N6O4. The first-order chi connectivity index (χ1) is 17.8. The Morgan fingerprint density at radius 1 is 1.13 bits per heavy atom. The lowest BCUT2D eigenvalue weighted by Gasteiger charge is -2.24. The van der Waals surface area contributed by atoms with Crippen LogP contribution in [0.15, 0.2) is 36.7 Å². The number of aromatic nitrogens is 4. The van der Waals surface area contributed by atoms with Crippen molar-refractivity contribution in [1.82, 2.24) is 29.7 Å². The van der Waals surface area contributed by atoms with E-state index in [0.29, 0.717) is 18.6 Å². The molecule has 0 aliphatic heterocycles. The van der Waals surface area contributed by atoms with Crippen molar-refractivity contribution in [3.8, 4) is 11.3 Å². The highest BCUT2D eigenvalue weighted by Gasteiger charge is 2.27. The Morgan fingerprint density at radius 3 is 2.55 bits per heavy atom. The fraction of sp³-hybridized carbons (Fsp3) is 0.429. The Kier molecular flexibility index (Phi) is 7.10. The smallest absolute Gasteiger partial charge is 0.429 e. The number of imidazole rings is 1. The first kappa shape index (κ1) is 27.0. The number of nitrogens with one attached hydrogen (secondary N) is 1. The van der Waals surface area contributed by atoms with Crippen LogP contribution in [0, 0.1) is 0 Å². The van der Waals surface area contributed by atoms with Gasteiger partial charge in [0.2, 0.25) is 0 Å². The van der Waals surface area contributed by atoms with Gasteiger partial charge in [-0.15, -0.1) is 0 Å². The van der Waals surface area contributed by atoms with Crippen LogP contribution in [0.3, 0.4) is 0 Å². The molecule has 0 aliphatic carbocycles. The van der Waals surface area contributed by atoms with E-state index in [1.54, 1.807) is 18.3 Å². The zero-order valence-corrected chi connectivity index (χ0v) is 23.2. The molecule has 0 atom stereocenters. The van der Waals surface area contributed by atoms with Gasteiger partial charge in [0.25, 0.3) is 0 Å². The van der Waals surface area contributed by atoms with E-state index in [0.717, 1.165) is 38.9 Å². The predicted molar refractivity (Wildman–Crippen MR) is 146 cm³/mol. The Labute approximate surface area is 222 Å². The summed E-state index contributed by atoms with van der Waals surface area (Å²) >= 11 is 0. The maximum atomic E-state index is 12.4. The molecule has 10 nitrogen and oxygen atoms in total. The molecule has 201 valence electrons. The highest BCUT2D eigenvalue weighted by atomic mass is 16.6. The van der Waals surface area contributed by atoms with Crippen LogP contribution < -0.4 is 5.32 Å². The molecule has 4 aromatic rings. The minimum Gasteiger partial charge on any atom is -0.444 e. The fourth-order valence-corrected chi connectivity index (χ4v) is 4.37. The first-order valence-corrected chi connectivity index (χ1v) is 12.5. The summed E-state index contributed by atoms with van der Waals surface area (Å²) in [5.41, 5.74) is 4.60. The van der Waals surface area contributed by atoms with Crippen LogP contribution in [0.1, 0.15) is 45.9 Å². The molecule has 0 saturated heterocycles. The molecule has 1 N–H and O–H groups in total. The number of fused-ring (bicyclic) bond motifs is 3. The second-order valence-corrected chi connectivity index (χ2v) is 11.1. The first-order valence-electron chi connectivity index (χ1n) is 12.5. The van der Waals surface area contributed by atoms with E-state index in [2.05, 4.69) is 21.4 Å². The number of rotatable bonds is 6. The molecule has 3 heterocycles. The molecule has 0 saturated carbocycles. The summed E-state index contributed by atoms with van der Waals surface area (Å²) in [6, 6.07) is 10.1. The summed E-state index contributed by atoms with van der Waals surface area (Å²) in [7, 11) is 5.08. The number of hydrogen-bond acceptors (Lipinski definition) is 6. The van der Waals surface area contributed by atoms with Crippen molar-refractivity contribution in [1.29, 1.82) is 0 Å². The molecule has 1 radical (unpaired) electrons. The highest BCUT2D eigenvalue weighted by molar-refractivity contribution is 6.04. The zero-order chi connectivity index (χ0) is 27.8. The summed E-state index contributed by atoms with van der Waals surface area (Å²) in [5, 5.41) is 4.52. The molecule has 1 aromatic carbocycles. The van der Waals surface area contributed by atoms with E-state index < -0.39 is 17.3 Å². The van der Waals surface area contributed by atoms with E-state index >= 15 is 0 Å². The molecule has 3 aromatic heterocycles. The number of carbonyl (C=O) groups excluding carboxylic acids is 2. The Hall–Kier alpha value is -4.08. The third-order valence-corrected chi connectivity index (χ3v) is 6.01. The van der Waals surface area contributed by atoms with E-state index in [9.17, 15) is 9.59 Å². The molecule has 0 bridgehead atoms. The minimum absolute atomic E-state index is 0.370. The van der Waals surface area contributed by atoms with Crippen LogP contribution in [0.2, 0.25) is 0 Å². The second kappa shape index (κ2) is 10.00. The minimum atomic E-state index is -0.814. The normalized spacial score (nSPS) is 12.1. The van der Waals surface area contributed by atoms with Crippen LogP contribution in [0.25, 0.3) is 33.3 Å². The standard InChI is InChI=1S/C28H35N6O4/c1-27(2,3)38-26(36)33(7)15-17-10-9-11-18(12-17)20-13-19-23-22(30-16-34(23)8)21(32-24(19)31-20)14-28(4,5)37-25(35)29-6/h9-13,16H,14-15H2,1-8H3,(H,31,32). The molecule has 0 unspecified atom stereocenters. The largest absolute Gasteiger partial charge is 0.444 e. The average Bonchev–Trinajstić information content (AvgIpc) is 3.41. The van der Waals surface area contributed by atoms with Gasteiger partial charge in [0.15, 0.2) is 0 Å². The Balaban J connectivity index is 1.67. The van der Waals surface area contributed by atoms with Gasteiger partial charge in [0.05, 0.1) is 17.5 Å². The second-order valence-electron chi connectivity index (χ2n) is 11.1. The van der Waals surface area contributed by atoms with Gasteiger partial charge in [-0.05, 0) is 57.9 Å². The number of aromatic amines is 1. The SMILES string of the molecule is C[N]C(=O)OC(C)(C)Cc1nc2[nH]c(-c3cccc(CN(C)C(=O)OC(C)(C)C)c3)cc2c2c1ncn2C. The topological polar surface area (TPSA) is 116 Å².